The molecule has 2 aromatic heterocycles. The predicted octanol–water partition coefficient (Wildman–Crippen LogP) is 5.24. The van der Waals surface area contributed by atoms with E-state index in [1.807, 2.05) is 0 Å². The van der Waals surface area contributed by atoms with Crippen molar-refractivity contribution in [3.8, 4) is 17.1 Å². The highest BCUT2D eigenvalue weighted by atomic mass is 19.4. The van der Waals surface area contributed by atoms with Crippen molar-refractivity contribution in [2.45, 2.75) is 19.1 Å². The fourth-order valence-electron chi connectivity index (χ4n) is 3.30. The molecule has 0 radical (unpaired) electrons. The van der Waals surface area contributed by atoms with Crippen LogP contribution in [-0.2, 0) is 19.1 Å². The molecule has 0 saturated heterocycles. The smallest absolute Gasteiger partial charge is 0.416 e. The van der Waals surface area contributed by atoms with Crippen molar-refractivity contribution in [3.63, 3.8) is 0 Å². The maximum atomic E-state index is 13.1. The van der Waals surface area contributed by atoms with E-state index in [0.29, 0.717) is 17.1 Å². The van der Waals surface area contributed by atoms with Crippen LogP contribution in [0.15, 0.2) is 75.9 Å². The first-order valence-corrected chi connectivity index (χ1v) is 10.3. The summed E-state index contributed by atoms with van der Waals surface area (Å²) in [6.45, 7) is 0.433. The Morgan fingerprint density at radius 2 is 1.88 bits per heavy atom. The fourth-order valence-corrected chi connectivity index (χ4v) is 3.30. The lowest BCUT2D eigenvalue weighted by molar-refractivity contribution is -0.137. The minimum Gasteiger partial charge on any atom is -0.497 e. The van der Waals surface area contributed by atoms with Gasteiger partial charge in [-0.25, -0.2) is 0 Å². The zero-order valence-electron chi connectivity index (χ0n) is 18.1. The number of ether oxygens (including phenoxy) is 1. The SMILES string of the molecule is COc1ccc(C(=O)N(CCc2nc(-c3cccc(C(F)(F)F)c3)no2)Cc2ccco2)cc1. The number of nitrogens with zero attached hydrogens (tertiary/aromatic N) is 3. The Labute approximate surface area is 192 Å². The van der Waals surface area contributed by atoms with Crippen LogP contribution in [0, 0.1) is 0 Å². The molecule has 0 aliphatic heterocycles. The Morgan fingerprint density at radius 3 is 2.56 bits per heavy atom. The van der Waals surface area contributed by atoms with Gasteiger partial charge in [0.2, 0.25) is 11.7 Å². The summed E-state index contributed by atoms with van der Waals surface area (Å²) < 4.78 is 54.7. The van der Waals surface area contributed by atoms with E-state index in [2.05, 4.69) is 10.1 Å². The third-order valence-corrected chi connectivity index (χ3v) is 5.06. The molecule has 2 heterocycles. The molecule has 2 aromatic carbocycles. The van der Waals surface area contributed by atoms with E-state index in [0.717, 1.165) is 12.1 Å². The maximum Gasteiger partial charge on any atom is 0.416 e. The Balaban J connectivity index is 1.49. The molecule has 0 fully saturated rings. The van der Waals surface area contributed by atoms with Crippen molar-refractivity contribution >= 4 is 5.91 Å². The first-order chi connectivity index (χ1) is 16.3. The molecule has 7 nitrogen and oxygen atoms in total. The van der Waals surface area contributed by atoms with E-state index in [4.69, 9.17) is 13.7 Å². The summed E-state index contributed by atoms with van der Waals surface area (Å²) >= 11 is 0. The van der Waals surface area contributed by atoms with Gasteiger partial charge in [-0.1, -0.05) is 17.3 Å². The van der Waals surface area contributed by atoms with Crippen LogP contribution < -0.4 is 4.74 Å². The summed E-state index contributed by atoms with van der Waals surface area (Å²) in [6, 6.07) is 14.9. The normalized spacial score (nSPS) is 11.4. The fraction of sp³-hybridized carbons (Fsp3) is 0.208. The molecule has 0 saturated carbocycles. The van der Waals surface area contributed by atoms with E-state index in [9.17, 15) is 18.0 Å². The number of hydrogen-bond acceptors (Lipinski definition) is 6. The number of carbonyl (C=O) groups excluding carboxylic acids is 1. The summed E-state index contributed by atoms with van der Waals surface area (Å²) in [5.41, 5.74) is -0.153. The van der Waals surface area contributed by atoms with Crippen LogP contribution >= 0.6 is 0 Å². The molecule has 0 N–H and O–H groups in total. The number of carbonyl (C=O) groups is 1. The quantitative estimate of drug-likeness (QED) is 0.350. The molecule has 10 heteroatoms. The Bertz CT molecular complexity index is 1240. The number of halogens is 3. The van der Waals surface area contributed by atoms with Crippen LogP contribution in [0.25, 0.3) is 11.4 Å². The zero-order valence-corrected chi connectivity index (χ0v) is 18.1. The Kier molecular flexibility index (Phi) is 6.67. The highest BCUT2D eigenvalue weighted by Crippen LogP contribution is 2.31. The second-order valence-corrected chi connectivity index (χ2v) is 7.37. The molecule has 0 unspecified atom stereocenters. The molecule has 34 heavy (non-hydrogen) atoms. The molecule has 1 amide bonds. The van der Waals surface area contributed by atoms with Gasteiger partial charge < -0.3 is 18.6 Å². The van der Waals surface area contributed by atoms with Crippen molar-refractivity contribution in [3.05, 3.63) is 89.7 Å². The van der Waals surface area contributed by atoms with Gasteiger partial charge in [-0.05, 0) is 48.5 Å². The lowest BCUT2D eigenvalue weighted by atomic mass is 10.1. The van der Waals surface area contributed by atoms with Gasteiger partial charge in [0.05, 0.1) is 25.5 Å². The average Bonchev–Trinajstić information content (AvgIpc) is 3.53. The highest BCUT2D eigenvalue weighted by molar-refractivity contribution is 5.94. The van der Waals surface area contributed by atoms with Crippen LogP contribution in [-0.4, -0.2) is 34.6 Å². The third kappa shape index (κ3) is 5.45. The first-order valence-electron chi connectivity index (χ1n) is 10.3. The van der Waals surface area contributed by atoms with Crippen molar-refractivity contribution < 1.29 is 31.6 Å². The van der Waals surface area contributed by atoms with Gasteiger partial charge in [-0.15, -0.1) is 0 Å². The van der Waals surface area contributed by atoms with Gasteiger partial charge in [-0.2, -0.15) is 18.2 Å². The van der Waals surface area contributed by atoms with E-state index < -0.39 is 11.7 Å². The average molecular weight is 471 g/mol. The Morgan fingerprint density at radius 1 is 1.09 bits per heavy atom. The molecule has 0 aliphatic rings. The van der Waals surface area contributed by atoms with Crippen LogP contribution in [0.4, 0.5) is 13.2 Å². The van der Waals surface area contributed by atoms with Gasteiger partial charge in [0.25, 0.3) is 5.91 Å². The molecule has 0 aliphatic carbocycles. The van der Waals surface area contributed by atoms with Gasteiger partial charge in [0.1, 0.15) is 11.5 Å². The summed E-state index contributed by atoms with van der Waals surface area (Å²) in [5, 5.41) is 3.80. The van der Waals surface area contributed by atoms with Gasteiger partial charge >= 0.3 is 6.18 Å². The van der Waals surface area contributed by atoms with E-state index in [-0.39, 0.29) is 42.7 Å². The zero-order chi connectivity index (χ0) is 24.1. The third-order valence-electron chi connectivity index (χ3n) is 5.06. The molecule has 176 valence electrons. The van der Waals surface area contributed by atoms with Crippen molar-refractivity contribution in [2.24, 2.45) is 0 Å². The number of aromatic nitrogens is 2. The lowest BCUT2D eigenvalue weighted by Crippen LogP contribution is -2.32. The summed E-state index contributed by atoms with van der Waals surface area (Å²) in [6.07, 6.45) is -2.75. The van der Waals surface area contributed by atoms with Crippen LogP contribution in [0.2, 0.25) is 0 Å². The molecular formula is C24H20F3N3O4. The second-order valence-electron chi connectivity index (χ2n) is 7.37. The lowest BCUT2D eigenvalue weighted by Gasteiger charge is -2.21. The second kappa shape index (κ2) is 9.82. The topological polar surface area (TPSA) is 81.6 Å². The molecule has 0 atom stereocenters. The summed E-state index contributed by atoms with van der Waals surface area (Å²) in [5.74, 6) is 1.22. The monoisotopic (exact) mass is 471 g/mol. The minimum absolute atomic E-state index is 0.0418. The predicted molar refractivity (Wildman–Crippen MR) is 115 cm³/mol. The van der Waals surface area contributed by atoms with E-state index >= 15 is 0 Å². The standard InChI is InChI=1S/C24H20F3N3O4/c1-32-19-9-7-16(8-10-19)23(31)30(15-20-6-3-13-33-20)12-11-21-28-22(29-34-21)17-4-2-5-18(14-17)24(25,26)27/h2-10,13-14H,11-12,15H2,1H3. The number of furan rings is 1. The van der Waals surface area contributed by atoms with Gasteiger partial charge in [0.15, 0.2) is 0 Å². The van der Waals surface area contributed by atoms with Crippen molar-refractivity contribution in [1.29, 1.82) is 0 Å². The minimum atomic E-state index is -4.48. The van der Waals surface area contributed by atoms with Gasteiger partial charge in [-0.3, -0.25) is 4.79 Å². The molecule has 0 bridgehead atoms. The highest BCUT2D eigenvalue weighted by Gasteiger charge is 2.30. The summed E-state index contributed by atoms with van der Waals surface area (Å²) in [7, 11) is 1.54. The molecular weight excluding hydrogens is 451 g/mol. The van der Waals surface area contributed by atoms with Crippen molar-refractivity contribution in [1.82, 2.24) is 15.0 Å². The van der Waals surface area contributed by atoms with E-state index in [1.165, 1.54) is 25.5 Å². The maximum absolute atomic E-state index is 13.1. The van der Waals surface area contributed by atoms with Gasteiger partial charge in [0, 0.05) is 24.1 Å². The first kappa shape index (κ1) is 23.1. The van der Waals surface area contributed by atoms with E-state index in [1.54, 1.807) is 41.3 Å². The number of hydrogen-bond donors (Lipinski definition) is 0. The Hall–Kier alpha value is -4.08. The summed E-state index contributed by atoms with van der Waals surface area (Å²) in [4.78, 5) is 18.9. The molecule has 4 aromatic rings. The van der Waals surface area contributed by atoms with Crippen LogP contribution in [0.3, 0.4) is 0 Å². The number of benzene rings is 2. The number of methoxy groups -OCH3 is 1. The number of rotatable bonds is 8. The molecule has 4 rings (SSSR count). The number of amides is 1. The van der Waals surface area contributed by atoms with Crippen molar-refractivity contribution in [2.75, 3.05) is 13.7 Å². The van der Waals surface area contributed by atoms with Crippen LogP contribution in [0.5, 0.6) is 5.75 Å². The largest absolute Gasteiger partial charge is 0.497 e. The number of alkyl halides is 3. The van der Waals surface area contributed by atoms with Crippen LogP contribution in [0.1, 0.15) is 27.6 Å². The molecule has 0 spiro atoms.